The molecule has 1 heterocycles. The number of hydrogen-bond acceptors (Lipinski definition) is 2. The molecule has 0 amide bonds. The molecule has 1 aromatic carbocycles. The van der Waals surface area contributed by atoms with Crippen molar-refractivity contribution in [2.75, 3.05) is 13.1 Å². The van der Waals surface area contributed by atoms with Gasteiger partial charge in [0.25, 0.3) is 0 Å². The third kappa shape index (κ3) is 3.69. The SMILES string of the molecule is CC1CCN(Oc2c(Br)cc(Br)cc2Br)CC1. The van der Waals surface area contributed by atoms with Crippen molar-refractivity contribution in [2.45, 2.75) is 19.8 Å². The Bertz CT molecular complexity index is 380. The van der Waals surface area contributed by atoms with Crippen LogP contribution in [0.4, 0.5) is 0 Å². The van der Waals surface area contributed by atoms with Gasteiger partial charge < -0.3 is 4.84 Å². The summed E-state index contributed by atoms with van der Waals surface area (Å²) in [7, 11) is 0. The normalized spacial score (nSPS) is 18.4. The predicted molar refractivity (Wildman–Crippen MR) is 80.1 cm³/mol. The Kier molecular flexibility index (Phi) is 4.92. The van der Waals surface area contributed by atoms with Gasteiger partial charge in [0, 0.05) is 17.6 Å². The molecular formula is C12H14Br3NO. The topological polar surface area (TPSA) is 12.5 Å². The van der Waals surface area contributed by atoms with Crippen molar-refractivity contribution in [1.82, 2.24) is 5.06 Å². The minimum atomic E-state index is 0.812. The fraction of sp³-hybridized carbons (Fsp3) is 0.500. The van der Waals surface area contributed by atoms with Crippen LogP contribution in [0.5, 0.6) is 5.75 Å². The highest BCUT2D eigenvalue weighted by atomic mass is 79.9. The van der Waals surface area contributed by atoms with Crippen LogP contribution in [0.3, 0.4) is 0 Å². The molecule has 1 aromatic rings. The van der Waals surface area contributed by atoms with Crippen molar-refractivity contribution < 1.29 is 4.84 Å². The van der Waals surface area contributed by atoms with Crippen molar-refractivity contribution in [1.29, 1.82) is 0 Å². The number of halogens is 3. The predicted octanol–water partition coefficient (Wildman–Crippen LogP) is 5.00. The molecule has 2 rings (SSSR count). The van der Waals surface area contributed by atoms with E-state index in [0.717, 1.165) is 38.2 Å². The zero-order valence-corrected chi connectivity index (χ0v) is 14.3. The average molecular weight is 428 g/mol. The second-order valence-electron chi connectivity index (χ2n) is 4.40. The maximum absolute atomic E-state index is 5.94. The summed E-state index contributed by atoms with van der Waals surface area (Å²) in [5.41, 5.74) is 0. The van der Waals surface area contributed by atoms with Gasteiger partial charge in [-0.05, 0) is 62.8 Å². The first kappa shape index (κ1) is 13.8. The molecule has 94 valence electrons. The molecule has 5 heteroatoms. The van der Waals surface area contributed by atoms with E-state index in [1.54, 1.807) is 0 Å². The van der Waals surface area contributed by atoms with Crippen LogP contribution in [0, 0.1) is 5.92 Å². The Morgan fingerprint density at radius 3 is 2.18 bits per heavy atom. The number of hydroxylamine groups is 2. The molecule has 0 N–H and O–H groups in total. The Morgan fingerprint density at radius 2 is 1.65 bits per heavy atom. The van der Waals surface area contributed by atoms with Gasteiger partial charge in [0.1, 0.15) is 0 Å². The number of hydrogen-bond donors (Lipinski definition) is 0. The second-order valence-corrected chi connectivity index (χ2v) is 7.03. The summed E-state index contributed by atoms with van der Waals surface area (Å²) in [5.74, 6) is 1.66. The lowest BCUT2D eigenvalue weighted by Crippen LogP contribution is -2.35. The van der Waals surface area contributed by atoms with E-state index in [2.05, 4.69) is 54.7 Å². The van der Waals surface area contributed by atoms with Crippen LogP contribution in [-0.4, -0.2) is 18.2 Å². The van der Waals surface area contributed by atoms with Crippen LogP contribution in [-0.2, 0) is 0 Å². The van der Waals surface area contributed by atoms with Gasteiger partial charge in [-0.25, -0.2) is 0 Å². The largest absolute Gasteiger partial charge is 0.404 e. The number of piperidine rings is 1. The van der Waals surface area contributed by atoms with Crippen molar-refractivity contribution in [3.8, 4) is 5.75 Å². The highest BCUT2D eigenvalue weighted by Crippen LogP contribution is 2.37. The summed E-state index contributed by atoms with van der Waals surface area (Å²) in [6, 6.07) is 3.99. The molecule has 0 aromatic heterocycles. The maximum Gasteiger partial charge on any atom is 0.175 e. The lowest BCUT2D eigenvalue weighted by Gasteiger charge is -2.30. The third-order valence-electron chi connectivity index (χ3n) is 2.93. The van der Waals surface area contributed by atoms with Crippen LogP contribution in [0.15, 0.2) is 25.6 Å². The fourth-order valence-corrected chi connectivity index (χ4v) is 4.22. The molecule has 0 bridgehead atoms. The molecule has 0 atom stereocenters. The molecule has 0 unspecified atom stereocenters. The van der Waals surface area contributed by atoms with Gasteiger partial charge in [0.15, 0.2) is 5.75 Å². The molecular weight excluding hydrogens is 414 g/mol. The average Bonchev–Trinajstić information content (AvgIpc) is 2.26. The molecule has 0 saturated carbocycles. The van der Waals surface area contributed by atoms with Gasteiger partial charge in [-0.3, -0.25) is 0 Å². The van der Waals surface area contributed by atoms with Crippen LogP contribution < -0.4 is 4.84 Å². The first-order valence-corrected chi connectivity index (χ1v) is 8.01. The molecule has 0 spiro atoms. The molecule has 0 aliphatic carbocycles. The van der Waals surface area contributed by atoms with Crippen molar-refractivity contribution in [3.63, 3.8) is 0 Å². The van der Waals surface area contributed by atoms with Gasteiger partial charge in [-0.2, -0.15) is 0 Å². The van der Waals surface area contributed by atoms with Crippen molar-refractivity contribution in [2.24, 2.45) is 5.92 Å². The van der Waals surface area contributed by atoms with E-state index in [9.17, 15) is 0 Å². The molecule has 1 saturated heterocycles. The summed E-state index contributed by atoms with van der Waals surface area (Å²) < 4.78 is 2.94. The highest BCUT2D eigenvalue weighted by Gasteiger charge is 2.19. The van der Waals surface area contributed by atoms with E-state index in [4.69, 9.17) is 4.84 Å². The first-order valence-electron chi connectivity index (χ1n) is 5.63. The van der Waals surface area contributed by atoms with E-state index in [0.29, 0.717) is 0 Å². The maximum atomic E-state index is 5.94. The first-order chi connectivity index (χ1) is 8.06. The van der Waals surface area contributed by atoms with E-state index in [-0.39, 0.29) is 0 Å². The Balaban J connectivity index is 2.08. The van der Waals surface area contributed by atoms with Crippen molar-refractivity contribution in [3.05, 3.63) is 25.6 Å². The van der Waals surface area contributed by atoms with Gasteiger partial charge in [0.05, 0.1) is 8.95 Å². The van der Waals surface area contributed by atoms with Gasteiger partial charge >= 0.3 is 0 Å². The monoisotopic (exact) mass is 425 g/mol. The number of nitrogens with zero attached hydrogens (tertiary/aromatic N) is 1. The molecule has 1 aliphatic heterocycles. The zero-order chi connectivity index (χ0) is 12.4. The fourth-order valence-electron chi connectivity index (χ4n) is 1.82. The van der Waals surface area contributed by atoms with Crippen LogP contribution >= 0.6 is 47.8 Å². The van der Waals surface area contributed by atoms with Crippen molar-refractivity contribution >= 4 is 47.8 Å². The lowest BCUT2D eigenvalue weighted by molar-refractivity contribution is -0.0814. The molecule has 1 aliphatic rings. The summed E-state index contributed by atoms with van der Waals surface area (Å²) in [6.07, 6.45) is 2.40. The van der Waals surface area contributed by atoms with E-state index >= 15 is 0 Å². The minimum Gasteiger partial charge on any atom is -0.404 e. The van der Waals surface area contributed by atoms with E-state index < -0.39 is 0 Å². The standard InChI is InChI=1S/C12H14Br3NO/c1-8-2-4-16(5-3-8)17-12-10(14)6-9(13)7-11(12)15/h6-8H,2-5H2,1H3. The summed E-state index contributed by atoms with van der Waals surface area (Å²) >= 11 is 10.5. The highest BCUT2D eigenvalue weighted by molar-refractivity contribution is 9.11. The quantitative estimate of drug-likeness (QED) is 0.658. The number of rotatable bonds is 2. The Hall–Kier alpha value is 0.420. The smallest absolute Gasteiger partial charge is 0.175 e. The zero-order valence-electron chi connectivity index (χ0n) is 9.55. The molecule has 1 fully saturated rings. The van der Waals surface area contributed by atoms with Gasteiger partial charge in [-0.15, -0.1) is 5.06 Å². The summed E-state index contributed by atoms with van der Waals surface area (Å²) in [5, 5.41) is 2.04. The lowest BCUT2D eigenvalue weighted by atomic mass is 10.0. The molecule has 17 heavy (non-hydrogen) atoms. The van der Waals surface area contributed by atoms with Gasteiger partial charge in [-0.1, -0.05) is 22.9 Å². The Morgan fingerprint density at radius 1 is 1.12 bits per heavy atom. The number of benzene rings is 1. The minimum absolute atomic E-state index is 0.812. The summed E-state index contributed by atoms with van der Waals surface area (Å²) in [6.45, 7) is 4.29. The Labute approximate surface area is 127 Å². The molecule has 2 nitrogen and oxygen atoms in total. The second kappa shape index (κ2) is 6.04. The molecule has 0 radical (unpaired) electrons. The van der Waals surface area contributed by atoms with Gasteiger partial charge in [0.2, 0.25) is 0 Å². The van der Waals surface area contributed by atoms with Crippen LogP contribution in [0.2, 0.25) is 0 Å². The van der Waals surface area contributed by atoms with Crippen LogP contribution in [0.1, 0.15) is 19.8 Å². The van der Waals surface area contributed by atoms with E-state index in [1.165, 1.54) is 12.8 Å². The third-order valence-corrected chi connectivity index (χ3v) is 4.56. The van der Waals surface area contributed by atoms with Crippen LogP contribution in [0.25, 0.3) is 0 Å². The summed E-state index contributed by atoms with van der Waals surface area (Å²) in [4.78, 5) is 5.94. The van der Waals surface area contributed by atoms with E-state index in [1.807, 2.05) is 17.2 Å².